The zero-order chi connectivity index (χ0) is 19.7. The largest absolute Gasteiger partial charge is 0.464 e. The fraction of sp³-hybridized carbons (Fsp3) is 0.500. The lowest BCUT2D eigenvalue weighted by Gasteiger charge is -2.28. The Morgan fingerprint density at radius 1 is 1.12 bits per heavy atom. The van der Waals surface area contributed by atoms with Crippen molar-refractivity contribution >= 4 is 18.2 Å². The number of amides is 2. The highest BCUT2D eigenvalue weighted by atomic mass is 16.6. The molecule has 0 bridgehead atoms. The van der Waals surface area contributed by atoms with Crippen LogP contribution in [0.1, 0.15) is 40.2 Å². The summed E-state index contributed by atoms with van der Waals surface area (Å²) < 4.78 is 15.2. The van der Waals surface area contributed by atoms with Crippen LogP contribution in [0.4, 0.5) is 9.59 Å². The molecule has 0 heterocycles. The zero-order valence-corrected chi connectivity index (χ0v) is 15.8. The first-order valence-corrected chi connectivity index (χ1v) is 8.30. The maximum Gasteiger partial charge on any atom is 0.429 e. The number of hydrazine groups is 1. The van der Waals surface area contributed by atoms with Crippen LogP contribution in [0.2, 0.25) is 0 Å². The molecule has 0 spiro atoms. The molecule has 26 heavy (non-hydrogen) atoms. The Hall–Kier alpha value is -2.77. The van der Waals surface area contributed by atoms with E-state index >= 15 is 0 Å². The highest BCUT2D eigenvalue weighted by molar-refractivity contribution is 5.82. The van der Waals surface area contributed by atoms with E-state index in [1.165, 1.54) is 6.92 Å². The van der Waals surface area contributed by atoms with E-state index in [9.17, 15) is 14.4 Å². The average molecular weight is 366 g/mol. The van der Waals surface area contributed by atoms with E-state index in [1.807, 2.05) is 6.07 Å². The molecule has 8 nitrogen and oxygen atoms in total. The Morgan fingerprint density at radius 3 is 2.27 bits per heavy atom. The molecule has 1 N–H and O–H groups in total. The molecule has 0 aliphatic heterocycles. The van der Waals surface area contributed by atoms with E-state index < -0.39 is 29.8 Å². The van der Waals surface area contributed by atoms with Crippen molar-refractivity contribution in [2.45, 2.75) is 52.9 Å². The number of benzene rings is 1. The molecule has 0 aromatic heterocycles. The fourth-order valence-corrected chi connectivity index (χ4v) is 1.86. The van der Waals surface area contributed by atoms with Gasteiger partial charge in [0, 0.05) is 0 Å². The molecule has 1 unspecified atom stereocenters. The van der Waals surface area contributed by atoms with Gasteiger partial charge in [-0.15, -0.1) is 0 Å². The molecule has 0 saturated carbocycles. The number of nitrogens with zero attached hydrogens (tertiary/aromatic N) is 1. The molecular weight excluding hydrogens is 340 g/mol. The first-order chi connectivity index (χ1) is 12.1. The minimum absolute atomic E-state index is 0.0122. The Balaban J connectivity index is 2.82. The van der Waals surface area contributed by atoms with Crippen molar-refractivity contribution in [2.75, 3.05) is 6.61 Å². The molecule has 1 aromatic rings. The predicted molar refractivity (Wildman–Crippen MR) is 93.9 cm³/mol. The molecule has 0 fully saturated rings. The Kier molecular flexibility index (Phi) is 7.89. The summed E-state index contributed by atoms with van der Waals surface area (Å²) in [5.41, 5.74) is 2.24. The van der Waals surface area contributed by atoms with Crippen molar-refractivity contribution in [2.24, 2.45) is 0 Å². The second-order valence-corrected chi connectivity index (χ2v) is 6.45. The van der Waals surface area contributed by atoms with Gasteiger partial charge < -0.3 is 14.2 Å². The van der Waals surface area contributed by atoms with Crippen molar-refractivity contribution in [1.29, 1.82) is 0 Å². The molecule has 8 heteroatoms. The lowest BCUT2D eigenvalue weighted by Crippen LogP contribution is -2.55. The molecular formula is C18H26N2O6. The number of ether oxygens (including phenoxy) is 3. The van der Waals surface area contributed by atoms with Crippen molar-refractivity contribution in [3.05, 3.63) is 35.9 Å². The van der Waals surface area contributed by atoms with E-state index in [-0.39, 0.29) is 13.2 Å². The van der Waals surface area contributed by atoms with Crippen LogP contribution in [0.5, 0.6) is 0 Å². The van der Waals surface area contributed by atoms with Crippen molar-refractivity contribution in [3.63, 3.8) is 0 Å². The van der Waals surface area contributed by atoms with E-state index in [0.29, 0.717) is 0 Å². The molecule has 2 amide bonds. The van der Waals surface area contributed by atoms with Crippen molar-refractivity contribution < 1.29 is 28.6 Å². The second kappa shape index (κ2) is 9.65. The van der Waals surface area contributed by atoms with Gasteiger partial charge in [-0.05, 0) is 40.2 Å². The number of carbonyl (C=O) groups is 3. The number of nitrogens with one attached hydrogen (secondary N) is 1. The number of carbonyl (C=O) groups excluding carboxylic acids is 3. The summed E-state index contributed by atoms with van der Waals surface area (Å²) in [7, 11) is 0. The Labute approximate surface area is 153 Å². The maximum absolute atomic E-state index is 12.4. The van der Waals surface area contributed by atoms with Gasteiger partial charge in [0.05, 0.1) is 6.61 Å². The molecule has 1 rings (SSSR count). The van der Waals surface area contributed by atoms with Crippen LogP contribution in [0.25, 0.3) is 0 Å². The van der Waals surface area contributed by atoms with Crippen LogP contribution in [0.3, 0.4) is 0 Å². The van der Waals surface area contributed by atoms with Crippen LogP contribution in [-0.2, 0) is 25.6 Å². The molecule has 0 radical (unpaired) electrons. The second-order valence-electron chi connectivity index (χ2n) is 6.45. The minimum Gasteiger partial charge on any atom is -0.464 e. The number of esters is 1. The normalized spacial score (nSPS) is 11.9. The summed E-state index contributed by atoms with van der Waals surface area (Å²) in [5.74, 6) is -0.680. The third kappa shape index (κ3) is 7.42. The van der Waals surface area contributed by atoms with Gasteiger partial charge in [0.25, 0.3) is 0 Å². The molecule has 1 aromatic carbocycles. The standard InChI is InChI=1S/C18H26N2O6/c1-6-24-15(21)13(2)20(19-16(22)26-18(3,4)5)17(23)25-12-14-10-8-7-9-11-14/h7-11,13H,6,12H2,1-5H3,(H,19,22). The number of hydrogen-bond acceptors (Lipinski definition) is 6. The Bertz CT molecular complexity index is 612. The van der Waals surface area contributed by atoms with Crippen LogP contribution < -0.4 is 5.43 Å². The summed E-state index contributed by atoms with van der Waals surface area (Å²) in [6.07, 6.45) is -1.79. The monoisotopic (exact) mass is 366 g/mol. The van der Waals surface area contributed by atoms with Crippen LogP contribution in [0, 0.1) is 0 Å². The summed E-state index contributed by atoms with van der Waals surface area (Å²) in [6.45, 7) is 8.23. The van der Waals surface area contributed by atoms with E-state index in [1.54, 1.807) is 52.0 Å². The highest BCUT2D eigenvalue weighted by Gasteiger charge is 2.31. The first kappa shape index (κ1) is 21.3. The van der Waals surface area contributed by atoms with Crippen LogP contribution >= 0.6 is 0 Å². The molecule has 144 valence electrons. The van der Waals surface area contributed by atoms with Gasteiger partial charge in [0.1, 0.15) is 12.2 Å². The van der Waals surface area contributed by atoms with Gasteiger partial charge in [-0.3, -0.25) is 0 Å². The van der Waals surface area contributed by atoms with E-state index in [0.717, 1.165) is 10.6 Å². The summed E-state index contributed by atoms with van der Waals surface area (Å²) in [6, 6.07) is 7.93. The maximum atomic E-state index is 12.4. The zero-order valence-electron chi connectivity index (χ0n) is 15.8. The smallest absolute Gasteiger partial charge is 0.429 e. The van der Waals surface area contributed by atoms with Gasteiger partial charge in [-0.2, -0.15) is 0 Å². The van der Waals surface area contributed by atoms with Crippen LogP contribution in [0.15, 0.2) is 30.3 Å². The van der Waals surface area contributed by atoms with Gasteiger partial charge in [0.15, 0.2) is 6.04 Å². The third-order valence-electron chi connectivity index (χ3n) is 3.03. The first-order valence-electron chi connectivity index (χ1n) is 8.30. The molecule has 1 atom stereocenters. The summed E-state index contributed by atoms with van der Waals surface area (Å²) >= 11 is 0. The highest BCUT2D eigenvalue weighted by Crippen LogP contribution is 2.10. The fourth-order valence-electron chi connectivity index (χ4n) is 1.86. The summed E-state index contributed by atoms with van der Waals surface area (Å²) in [5, 5.41) is 0.759. The van der Waals surface area contributed by atoms with Gasteiger partial charge in [-0.1, -0.05) is 30.3 Å². The van der Waals surface area contributed by atoms with Crippen molar-refractivity contribution in [1.82, 2.24) is 10.4 Å². The molecule has 0 aliphatic carbocycles. The topological polar surface area (TPSA) is 94.2 Å². The van der Waals surface area contributed by atoms with E-state index in [4.69, 9.17) is 14.2 Å². The minimum atomic E-state index is -1.09. The molecule has 0 saturated heterocycles. The van der Waals surface area contributed by atoms with E-state index in [2.05, 4.69) is 5.43 Å². The van der Waals surface area contributed by atoms with Crippen molar-refractivity contribution in [3.8, 4) is 0 Å². The Morgan fingerprint density at radius 2 is 1.73 bits per heavy atom. The summed E-state index contributed by atoms with van der Waals surface area (Å²) in [4.78, 5) is 36.4. The van der Waals surface area contributed by atoms with Gasteiger partial charge in [0.2, 0.25) is 0 Å². The average Bonchev–Trinajstić information content (AvgIpc) is 2.56. The number of rotatable bonds is 5. The predicted octanol–water partition coefficient (Wildman–Crippen LogP) is 3.02. The lowest BCUT2D eigenvalue weighted by molar-refractivity contribution is -0.149. The third-order valence-corrected chi connectivity index (χ3v) is 3.03. The van der Waals surface area contributed by atoms with Gasteiger partial charge in [-0.25, -0.2) is 24.8 Å². The number of hydrogen-bond donors (Lipinski definition) is 1. The van der Waals surface area contributed by atoms with Crippen LogP contribution in [-0.4, -0.2) is 41.4 Å². The van der Waals surface area contributed by atoms with Gasteiger partial charge >= 0.3 is 18.2 Å². The molecule has 0 aliphatic rings. The quantitative estimate of drug-likeness (QED) is 0.489. The SMILES string of the molecule is CCOC(=O)C(C)N(NC(=O)OC(C)(C)C)C(=O)OCc1ccccc1. The lowest BCUT2D eigenvalue weighted by atomic mass is 10.2.